The molecule has 0 aliphatic rings. The zero-order valence-electron chi connectivity index (χ0n) is 18.6. The van der Waals surface area contributed by atoms with E-state index in [0.717, 1.165) is 18.9 Å². The molecular formula is C24H26F4N4O. The Hall–Kier alpha value is -3.36. The highest BCUT2D eigenvalue weighted by molar-refractivity contribution is 6.01. The Morgan fingerprint density at radius 1 is 1.18 bits per heavy atom. The molecule has 0 aliphatic carbocycles. The van der Waals surface area contributed by atoms with Gasteiger partial charge in [-0.05, 0) is 62.2 Å². The SMILES string of the molecule is CCCCNc1cc(C(F)(F)F)nc2ccc(C(=O)N[C@H](C)c3cc(C)c(N)cc3F)cc12. The van der Waals surface area contributed by atoms with Gasteiger partial charge in [-0.25, -0.2) is 9.37 Å². The molecule has 0 unspecified atom stereocenters. The Balaban J connectivity index is 1.93. The molecule has 0 saturated carbocycles. The number of alkyl halides is 3. The summed E-state index contributed by atoms with van der Waals surface area (Å²) >= 11 is 0. The van der Waals surface area contributed by atoms with E-state index in [4.69, 9.17) is 5.73 Å². The first-order valence-corrected chi connectivity index (χ1v) is 10.6. The molecule has 2 aromatic carbocycles. The number of hydrogen-bond acceptors (Lipinski definition) is 4. The van der Waals surface area contributed by atoms with Crippen LogP contribution in [0.5, 0.6) is 0 Å². The molecular weight excluding hydrogens is 436 g/mol. The van der Waals surface area contributed by atoms with E-state index in [0.29, 0.717) is 23.2 Å². The van der Waals surface area contributed by atoms with Crippen molar-refractivity contribution in [3.8, 4) is 0 Å². The second-order valence-corrected chi connectivity index (χ2v) is 7.99. The number of nitrogen functional groups attached to an aromatic ring is 1. The van der Waals surface area contributed by atoms with E-state index in [-0.39, 0.29) is 22.3 Å². The predicted molar refractivity (Wildman–Crippen MR) is 122 cm³/mol. The largest absolute Gasteiger partial charge is 0.433 e. The number of nitrogens with zero attached hydrogens (tertiary/aromatic N) is 1. The first kappa shape index (κ1) is 24.3. The summed E-state index contributed by atoms with van der Waals surface area (Å²) in [5.41, 5.74) is 6.60. The van der Waals surface area contributed by atoms with Crippen molar-refractivity contribution in [2.45, 2.75) is 45.8 Å². The van der Waals surface area contributed by atoms with Gasteiger partial charge in [0.25, 0.3) is 5.91 Å². The highest BCUT2D eigenvalue weighted by atomic mass is 19.4. The van der Waals surface area contributed by atoms with Crippen molar-refractivity contribution in [1.29, 1.82) is 0 Å². The average Bonchev–Trinajstić information content (AvgIpc) is 2.75. The molecule has 3 rings (SSSR count). The van der Waals surface area contributed by atoms with Crippen molar-refractivity contribution in [2.75, 3.05) is 17.6 Å². The quantitative estimate of drug-likeness (QED) is 0.229. The Morgan fingerprint density at radius 3 is 2.58 bits per heavy atom. The summed E-state index contributed by atoms with van der Waals surface area (Å²) in [6.07, 6.45) is -2.95. The fourth-order valence-corrected chi connectivity index (χ4v) is 3.47. The van der Waals surface area contributed by atoms with Crippen LogP contribution in [0.4, 0.5) is 28.9 Å². The number of halogens is 4. The first-order chi connectivity index (χ1) is 15.5. The number of carbonyl (C=O) groups excluding carboxylic acids is 1. The minimum absolute atomic E-state index is 0.119. The van der Waals surface area contributed by atoms with Crippen LogP contribution in [-0.4, -0.2) is 17.4 Å². The van der Waals surface area contributed by atoms with Gasteiger partial charge in [0.1, 0.15) is 11.5 Å². The lowest BCUT2D eigenvalue weighted by Crippen LogP contribution is -2.27. The summed E-state index contributed by atoms with van der Waals surface area (Å²) in [6.45, 7) is 5.84. The van der Waals surface area contributed by atoms with Crippen LogP contribution in [0.15, 0.2) is 36.4 Å². The first-order valence-electron chi connectivity index (χ1n) is 10.6. The number of aryl methyl sites for hydroxylation is 1. The van der Waals surface area contributed by atoms with Gasteiger partial charge < -0.3 is 16.4 Å². The van der Waals surface area contributed by atoms with E-state index in [1.54, 1.807) is 19.9 Å². The maximum atomic E-state index is 14.3. The second kappa shape index (κ2) is 9.64. The number of nitrogens with two attached hydrogens (primary N) is 1. The fourth-order valence-electron chi connectivity index (χ4n) is 3.47. The molecule has 1 atom stereocenters. The monoisotopic (exact) mass is 462 g/mol. The average molecular weight is 462 g/mol. The molecule has 0 aliphatic heterocycles. The Labute approximate surface area is 189 Å². The molecule has 33 heavy (non-hydrogen) atoms. The van der Waals surface area contributed by atoms with Gasteiger partial charge in [0.2, 0.25) is 0 Å². The number of rotatable bonds is 7. The van der Waals surface area contributed by atoms with E-state index >= 15 is 0 Å². The normalized spacial score (nSPS) is 12.6. The summed E-state index contributed by atoms with van der Waals surface area (Å²) in [6, 6.07) is 7.36. The van der Waals surface area contributed by atoms with Crippen LogP contribution in [0.3, 0.4) is 0 Å². The summed E-state index contributed by atoms with van der Waals surface area (Å²) in [5, 5.41) is 6.15. The number of amides is 1. The number of fused-ring (bicyclic) bond motifs is 1. The minimum atomic E-state index is -4.60. The number of carbonyl (C=O) groups is 1. The van der Waals surface area contributed by atoms with Gasteiger partial charge in [0.05, 0.1) is 11.6 Å². The molecule has 0 bridgehead atoms. The number of aromatic nitrogens is 1. The van der Waals surface area contributed by atoms with E-state index < -0.39 is 29.6 Å². The van der Waals surface area contributed by atoms with Gasteiger partial charge in [0, 0.05) is 34.4 Å². The second-order valence-electron chi connectivity index (χ2n) is 7.99. The van der Waals surface area contributed by atoms with Gasteiger partial charge >= 0.3 is 6.18 Å². The Morgan fingerprint density at radius 2 is 1.91 bits per heavy atom. The third-order valence-electron chi connectivity index (χ3n) is 5.41. The van der Waals surface area contributed by atoms with Crippen LogP contribution in [0, 0.1) is 12.7 Å². The zero-order valence-corrected chi connectivity index (χ0v) is 18.6. The van der Waals surface area contributed by atoms with Crippen molar-refractivity contribution in [3.63, 3.8) is 0 Å². The summed E-state index contributed by atoms with van der Waals surface area (Å²) < 4.78 is 54.2. The number of anilines is 2. The number of hydrogen-bond donors (Lipinski definition) is 3. The van der Waals surface area contributed by atoms with Crippen LogP contribution in [0.1, 0.15) is 59.9 Å². The standard InChI is InChI=1S/C24H26F4N4O/c1-4-5-8-30-21-12-22(24(26,27)28)32-20-7-6-15(10-17(20)21)23(33)31-14(3)16-9-13(2)19(29)11-18(16)25/h6-7,9-12,14H,4-5,8,29H2,1-3H3,(H,30,32)(H,31,33)/t14-/m1/s1. The summed E-state index contributed by atoms with van der Waals surface area (Å²) in [7, 11) is 0. The van der Waals surface area contributed by atoms with Crippen LogP contribution in [0.2, 0.25) is 0 Å². The number of benzene rings is 2. The van der Waals surface area contributed by atoms with Crippen LogP contribution < -0.4 is 16.4 Å². The highest BCUT2D eigenvalue weighted by Crippen LogP contribution is 2.33. The van der Waals surface area contributed by atoms with Gasteiger partial charge in [-0.15, -0.1) is 0 Å². The third-order valence-corrected chi connectivity index (χ3v) is 5.41. The van der Waals surface area contributed by atoms with E-state index in [9.17, 15) is 22.4 Å². The maximum absolute atomic E-state index is 14.3. The van der Waals surface area contributed by atoms with Crippen molar-refractivity contribution >= 4 is 28.2 Å². The molecule has 1 aromatic heterocycles. The van der Waals surface area contributed by atoms with E-state index in [2.05, 4.69) is 15.6 Å². The lowest BCUT2D eigenvalue weighted by molar-refractivity contribution is -0.140. The number of nitrogens with one attached hydrogen (secondary N) is 2. The van der Waals surface area contributed by atoms with E-state index in [1.807, 2.05) is 6.92 Å². The molecule has 1 amide bonds. The van der Waals surface area contributed by atoms with E-state index in [1.165, 1.54) is 24.3 Å². The van der Waals surface area contributed by atoms with Crippen molar-refractivity contribution in [1.82, 2.24) is 10.3 Å². The van der Waals surface area contributed by atoms with Crippen molar-refractivity contribution in [2.24, 2.45) is 0 Å². The predicted octanol–water partition coefficient (Wildman–Crippen LogP) is 5.99. The van der Waals surface area contributed by atoms with Crippen molar-refractivity contribution < 1.29 is 22.4 Å². The number of pyridine rings is 1. The summed E-state index contributed by atoms with van der Waals surface area (Å²) in [5.74, 6) is -1.02. The fraction of sp³-hybridized carbons (Fsp3) is 0.333. The molecule has 1 heterocycles. The van der Waals surface area contributed by atoms with Gasteiger partial charge in [-0.2, -0.15) is 13.2 Å². The lowest BCUT2D eigenvalue weighted by atomic mass is 10.0. The van der Waals surface area contributed by atoms with Crippen LogP contribution >= 0.6 is 0 Å². The third kappa shape index (κ3) is 5.53. The van der Waals surface area contributed by atoms with Gasteiger partial charge in [-0.1, -0.05) is 13.3 Å². The molecule has 3 aromatic rings. The smallest absolute Gasteiger partial charge is 0.398 e. The molecule has 0 spiro atoms. The van der Waals surface area contributed by atoms with Crippen LogP contribution in [-0.2, 0) is 6.18 Å². The van der Waals surface area contributed by atoms with Gasteiger partial charge in [0.15, 0.2) is 0 Å². The van der Waals surface area contributed by atoms with Crippen molar-refractivity contribution in [3.05, 3.63) is 64.6 Å². The molecule has 9 heteroatoms. The lowest BCUT2D eigenvalue weighted by Gasteiger charge is -2.17. The Bertz CT molecular complexity index is 1180. The van der Waals surface area contributed by atoms with Gasteiger partial charge in [-0.3, -0.25) is 4.79 Å². The molecule has 0 radical (unpaired) electrons. The molecule has 0 fully saturated rings. The van der Waals surface area contributed by atoms with Crippen LogP contribution in [0.25, 0.3) is 10.9 Å². The zero-order chi connectivity index (χ0) is 24.3. The Kier molecular flexibility index (Phi) is 7.09. The molecule has 0 saturated heterocycles. The minimum Gasteiger partial charge on any atom is -0.398 e. The topological polar surface area (TPSA) is 80.0 Å². The molecule has 4 N–H and O–H groups in total. The molecule has 5 nitrogen and oxygen atoms in total. The number of unbranched alkanes of at least 4 members (excludes halogenated alkanes) is 1. The maximum Gasteiger partial charge on any atom is 0.433 e. The highest BCUT2D eigenvalue weighted by Gasteiger charge is 2.33. The molecule has 176 valence electrons. The summed E-state index contributed by atoms with van der Waals surface area (Å²) in [4.78, 5) is 16.6.